The maximum atomic E-state index is 11.9. The monoisotopic (exact) mass is 352 g/mol. The van der Waals surface area contributed by atoms with Crippen LogP contribution >= 0.6 is 0 Å². The highest BCUT2D eigenvalue weighted by Crippen LogP contribution is 2.42. The second-order valence-corrected chi connectivity index (χ2v) is 6.74. The molecule has 134 valence electrons. The Balaban J connectivity index is 1.62. The zero-order chi connectivity index (χ0) is 18.1. The summed E-state index contributed by atoms with van der Waals surface area (Å²) >= 11 is 0. The number of fused-ring (bicyclic) bond motifs is 3. The van der Waals surface area contributed by atoms with Crippen molar-refractivity contribution < 1.29 is 9.53 Å². The molecule has 0 spiro atoms. The van der Waals surface area contributed by atoms with Crippen LogP contribution in [-0.2, 0) is 9.53 Å². The summed E-state index contributed by atoms with van der Waals surface area (Å²) in [6.45, 7) is 2.15. The molecule has 1 N–H and O–H groups in total. The second kappa shape index (κ2) is 6.75. The van der Waals surface area contributed by atoms with Gasteiger partial charge in [-0.15, -0.1) is 10.2 Å². The zero-order valence-corrected chi connectivity index (χ0v) is 14.6. The minimum Gasteiger partial charge on any atom is -0.462 e. The third kappa shape index (κ3) is 2.79. The number of aromatic nitrogens is 5. The summed E-state index contributed by atoms with van der Waals surface area (Å²) in [5.41, 5.74) is 2.47. The predicted molar refractivity (Wildman–Crippen MR) is 93.1 cm³/mol. The lowest BCUT2D eigenvalue weighted by Crippen LogP contribution is -2.15. The standard InChI is InChI=1S/C18H20N6O2/c1-2-11-8-12(26-16(25)4-3-6-19)9-13(11)18-23-22-15-10-21-17-14(24(15)18)5-7-20-17/h5,7,10-13,20H,2-4,8-9H2,1H3/t11-,12-,13+/m1/s1. The van der Waals surface area contributed by atoms with Gasteiger partial charge in [0.25, 0.3) is 0 Å². The van der Waals surface area contributed by atoms with Gasteiger partial charge < -0.3 is 9.72 Å². The third-order valence-corrected chi connectivity index (χ3v) is 5.21. The van der Waals surface area contributed by atoms with Crippen molar-refractivity contribution in [3.63, 3.8) is 0 Å². The van der Waals surface area contributed by atoms with Crippen LogP contribution in [0.25, 0.3) is 16.8 Å². The number of hydrogen-bond donors (Lipinski definition) is 1. The van der Waals surface area contributed by atoms with Crippen LogP contribution in [0.1, 0.15) is 50.8 Å². The Kier molecular flexibility index (Phi) is 4.29. The molecule has 0 radical (unpaired) electrons. The molecule has 8 heteroatoms. The minimum absolute atomic E-state index is 0.132. The van der Waals surface area contributed by atoms with Gasteiger partial charge in [0.15, 0.2) is 11.3 Å². The number of nitriles is 1. The van der Waals surface area contributed by atoms with E-state index in [0.29, 0.717) is 5.92 Å². The first-order chi connectivity index (χ1) is 12.7. The molecule has 0 amide bonds. The molecule has 3 atom stereocenters. The highest BCUT2D eigenvalue weighted by Gasteiger charge is 2.39. The van der Waals surface area contributed by atoms with Gasteiger partial charge in [0.1, 0.15) is 11.9 Å². The summed E-state index contributed by atoms with van der Waals surface area (Å²) in [6, 6.07) is 3.95. The fraction of sp³-hybridized carbons (Fsp3) is 0.500. The Hall–Kier alpha value is -2.95. The van der Waals surface area contributed by atoms with Crippen LogP contribution in [0.4, 0.5) is 0 Å². The van der Waals surface area contributed by atoms with Crippen LogP contribution in [0.3, 0.4) is 0 Å². The number of esters is 1. The summed E-state index contributed by atoms with van der Waals surface area (Å²) in [6.07, 6.45) is 6.30. The van der Waals surface area contributed by atoms with Crippen molar-refractivity contribution in [3.05, 3.63) is 24.3 Å². The van der Waals surface area contributed by atoms with E-state index in [1.54, 1.807) is 6.20 Å². The van der Waals surface area contributed by atoms with Crippen LogP contribution in [0, 0.1) is 17.2 Å². The number of carbonyl (C=O) groups excluding carboxylic acids is 1. The van der Waals surface area contributed by atoms with Gasteiger partial charge in [0.05, 0.1) is 24.2 Å². The van der Waals surface area contributed by atoms with E-state index in [-0.39, 0.29) is 30.8 Å². The molecule has 0 saturated heterocycles. The lowest BCUT2D eigenvalue weighted by molar-refractivity contribution is -0.148. The molecule has 0 unspecified atom stereocenters. The largest absolute Gasteiger partial charge is 0.462 e. The average molecular weight is 352 g/mol. The first kappa shape index (κ1) is 16.5. The highest BCUT2D eigenvalue weighted by atomic mass is 16.5. The van der Waals surface area contributed by atoms with Gasteiger partial charge in [-0.3, -0.25) is 9.20 Å². The Morgan fingerprint density at radius 1 is 1.46 bits per heavy atom. The molecule has 3 aromatic heterocycles. The maximum Gasteiger partial charge on any atom is 0.307 e. The molecule has 3 aromatic rings. The van der Waals surface area contributed by atoms with Crippen LogP contribution in [0.15, 0.2) is 18.5 Å². The average Bonchev–Trinajstić information content (AvgIpc) is 3.35. The lowest BCUT2D eigenvalue weighted by Gasteiger charge is -2.15. The van der Waals surface area contributed by atoms with Gasteiger partial charge in [0.2, 0.25) is 0 Å². The quantitative estimate of drug-likeness (QED) is 0.707. The number of ether oxygens (including phenoxy) is 1. The summed E-state index contributed by atoms with van der Waals surface area (Å²) in [7, 11) is 0. The minimum atomic E-state index is -0.296. The molecule has 4 rings (SSSR count). The van der Waals surface area contributed by atoms with Crippen molar-refractivity contribution in [2.45, 2.75) is 51.0 Å². The van der Waals surface area contributed by atoms with Crippen molar-refractivity contribution in [2.75, 3.05) is 0 Å². The Labute approximate surface area is 150 Å². The van der Waals surface area contributed by atoms with Gasteiger partial charge in [-0.2, -0.15) is 5.26 Å². The molecular formula is C18H20N6O2. The molecule has 1 fully saturated rings. The molecular weight excluding hydrogens is 332 g/mol. The van der Waals surface area contributed by atoms with E-state index in [4.69, 9.17) is 10.00 Å². The van der Waals surface area contributed by atoms with E-state index in [1.807, 2.05) is 22.7 Å². The zero-order valence-electron chi connectivity index (χ0n) is 14.6. The second-order valence-electron chi connectivity index (χ2n) is 6.74. The maximum absolute atomic E-state index is 11.9. The highest BCUT2D eigenvalue weighted by molar-refractivity contribution is 5.74. The number of carbonyl (C=O) groups is 1. The van der Waals surface area contributed by atoms with Gasteiger partial charge in [-0.25, -0.2) is 4.98 Å². The van der Waals surface area contributed by atoms with Crippen molar-refractivity contribution in [2.24, 2.45) is 5.92 Å². The van der Waals surface area contributed by atoms with Crippen LogP contribution in [-0.4, -0.2) is 36.6 Å². The summed E-state index contributed by atoms with van der Waals surface area (Å²) in [5, 5.41) is 17.3. The van der Waals surface area contributed by atoms with E-state index in [2.05, 4.69) is 27.1 Å². The summed E-state index contributed by atoms with van der Waals surface area (Å²) in [5.74, 6) is 1.15. The number of nitrogens with one attached hydrogen (secondary N) is 1. The smallest absolute Gasteiger partial charge is 0.307 e. The summed E-state index contributed by atoms with van der Waals surface area (Å²) < 4.78 is 7.64. The van der Waals surface area contributed by atoms with Gasteiger partial charge in [-0.1, -0.05) is 13.3 Å². The number of rotatable bonds is 5. The molecule has 0 bridgehead atoms. The first-order valence-electron chi connectivity index (χ1n) is 8.94. The van der Waals surface area contributed by atoms with Crippen LogP contribution in [0.2, 0.25) is 0 Å². The van der Waals surface area contributed by atoms with E-state index in [9.17, 15) is 4.79 Å². The van der Waals surface area contributed by atoms with E-state index in [0.717, 1.165) is 41.9 Å². The topological polar surface area (TPSA) is 109 Å². The molecule has 0 aliphatic heterocycles. The normalized spacial score (nSPS) is 22.7. The van der Waals surface area contributed by atoms with Crippen molar-refractivity contribution in [1.29, 1.82) is 5.26 Å². The van der Waals surface area contributed by atoms with Gasteiger partial charge >= 0.3 is 5.97 Å². The molecule has 3 heterocycles. The first-order valence-corrected chi connectivity index (χ1v) is 8.94. The van der Waals surface area contributed by atoms with Crippen molar-refractivity contribution in [1.82, 2.24) is 24.6 Å². The Morgan fingerprint density at radius 2 is 2.35 bits per heavy atom. The van der Waals surface area contributed by atoms with Crippen molar-refractivity contribution >= 4 is 22.8 Å². The number of hydrogen-bond acceptors (Lipinski definition) is 6. The predicted octanol–water partition coefficient (Wildman–Crippen LogP) is 2.72. The molecule has 0 aromatic carbocycles. The van der Waals surface area contributed by atoms with E-state index >= 15 is 0 Å². The lowest BCUT2D eigenvalue weighted by atomic mass is 9.93. The number of aromatic amines is 1. The number of H-pyrrole nitrogens is 1. The summed E-state index contributed by atoms with van der Waals surface area (Å²) in [4.78, 5) is 19.4. The fourth-order valence-electron chi connectivity index (χ4n) is 3.98. The van der Waals surface area contributed by atoms with Gasteiger partial charge in [-0.05, 0) is 24.8 Å². The molecule has 8 nitrogen and oxygen atoms in total. The number of nitrogens with zero attached hydrogens (tertiary/aromatic N) is 5. The van der Waals surface area contributed by atoms with Gasteiger partial charge in [0, 0.05) is 18.5 Å². The molecule has 26 heavy (non-hydrogen) atoms. The van der Waals surface area contributed by atoms with Crippen LogP contribution in [0.5, 0.6) is 0 Å². The third-order valence-electron chi connectivity index (χ3n) is 5.21. The Morgan fingerprint density at radius 3 is 3.15 bits per heavy atom. The molecule has 1 aliphatic carbocycles. The Bertz CT molecular complexity index is 985. The van der Waals surface area contributed by atoms with Crippen LogP contribution < -0.4 is 0 Å². The van der Waals surface area contributed by atoms with Crippen molar-refractivity contribution in [3.8, 4) is 6.07 Å². The SMILES string of the molecule is CC[C@@H]1C[C@@H](OC(=O)CCC#N)C[C@@H]1c1nnc2cnc3[nH]ccc3n12. The van der Waals surface area contributed by atoms with E-state index < -0.39 is 0 Å². The van der Waals surface area contributed by atoms with E-state index in [1.165, 1.54) is 0 Å². The fourth-order valence-corrected chi connectivity index (χ4v) is 3.98. The molecule has 1 saturated carbocycles. The molecule has 1 aliphatic rings.